The summed E-state index contributed by atoms with van der Waals surface area (Å²) >= 11 is 0. The van der Waals surface area contributed by atoms with E-state index in [4.69, 9.17) is 0 Å². The number of rotatable bonds is 1. The molecule has 1 saturated heterocycles. The monoisotopic (exact) mass is 263 g/mol. The van der Waals surface area contributed by atoms with Crippen molar-refractivity contribution in [2.45, 2.75) is 18.4 Å². The molecule has 2 nitrogen and oxygen atoms in total. The first-order valence-electron chi connectivity index (χ1n) is 6.22. The SMILES string of the molecule is Cl.O[C@@H]1CNCC[C@H]1c1ccc2ccccc2c1. The molecule has 0 saturated carbocycles. The maximum Gasteiger partial charge on any atom is 0.0733 e. The van der Waals surface area contributed by atoms with Crippen molar-refractivity contribution in [2.24, 2.45) is 0 Å². The average molecular weight is 264 g/mol. The normalized spacial score (nSPS) is 23.6. The molecule has 18 heavy (non-hydrogen) atoms. The van der Waals surface area contributed by atoms with E-state index in [1.807, 2.05) is 0 Å². The van der Waals surface area contributed by atoms with Gasteiger partial charge < -0.3 is 10.4 Å². The van der Waals surface area contributed by atoms with Crippen LogP contribution in [0.15, 0.2) is 42.5 Å². The second kappa shape index (κ2) is 5.70. The molecule has 3 rings (SSSR count). The Labute approximate surface area is 113 Å². The Morgan fingerprint density at radius 1 is 1.06 bits per heavy atom. The van der Waals surface area contributed by atoms with Crippen molar-refractivity contribution in [2.75, 3.05) is 13.1 Å². The first-order valence-corrected chi connectivity index (χ1v) is 6.22. The van der Waals surface area contributed by atoms with Crippen LogP contribution in [0.2, 0.25) is 0 Å². The lowest BCUT2D eigenvalue weighted by atomic mass is 9.87. The second-order valence-corrected chi connectivity index (χ2v) is 4.77. The summed E-state index contributed by atoms with van der Waals surface area (Å²) in [7, 11) is 0. The molecular weight excluding hydrogens is 246 g/mol. The van der Waals surface area contributed by atoms with Crippen molar-refractivity contribution in [3.63, 3.8) is 0 Å². The summed E-state index contributed by atoms with van der Waals surface area (Å²) in [5.74, 6) is 0.279. The molecule has 3 heteroatoms. The summed E-state index contributed by atoms with van der Waals surface area (Å²) in [4.78, 5) is 0. The van der Waals surface area contributed by atoms with Crippen molar-refractivity contribution in [1.82, 2.24) is 5.32 Å². The van der Waals surface area contributed by atoms with E-state index in [-0.39, 0.29) is 24.4 Å². The Bertz CT molecular complexity index is 529. The van der Waals surface area contributed by atoms with Gasteiger partial charge in [-0.15, -0.1) is 12.4 Å². The van der Waals surface area contributed by atoms with Crippen LogP contribution in [0.4, 0.5) is 0 Å². The minimum absolute atomic E-state index is 0. The van der Waals surface area contributed by atoms with Crippen LogP contribution in [0.1, 0.15) is 17.9 Å². The number of β-amino-alcohol motifs (C(OH)–C–C–N with tert-alkyl or cyclic N) is 1. The van der Waals surface area contributed by atoms with Crippen LogP contribution >= 0.6 is 12.4 Å². The van der Waals surface area contributed by atoms with Crippen molar-refractivity contribution < 1.29 is 5.11 Å². The Hall–Kier alpha value is -1.09. The zero-order valence-corrected chi connectivity index (χ0v) is 11.0. The van der Waals surface area contributed by atoms with E-state index in [2.05, 4.69) is 47.8 Å². The number of halogens is 1. The zero-order valence-electron chi connectivity index (χ0n) is 10.2. The highest BCUT2D eigenvalue weighted by molar-refractivity contribution is 5.85. The standard InChI is InChI=1S/C15H17NO.ClH/c17-15-10-16-8-7-14(15)13-6-5-11-3-1-2-4-12(11)9-13;/h1-6,9,14-17H,7-8,10H2;1H/t14-,15+;/m0./s1. The number of piperidine rings is 1. The molecule has 0 aromatic heterocycles. The molecule has 0 bridgehead atoms. The maximum atomic E-state index is 10.0. The quantitative estimate of drug-likeness (QED) is 0.829. The molecule has 0 aliphatic carbocycles. The van der Waals surface area contributed by atoms with Gasteiger partial charge in [0.1, 0.15) is 0 Å². The second-order valence-electron chi connectivity index (χ2n) is 4.77. The van der Waals surface area contributed by atoms with Crippen LogP contribution in [0.25, 0.3) is 10.8 Å². The van der Waals surface area contributed by atoms with Crippen LogP contribution in [-0.4, -0.2) is 24.3 Å². The van der Waals surface area contributed by atoms with E-state index in [0.29, 0.717) is 6.54 Å². The maximum absolute atomic E-state index is 10.0. The van der Waals surface area contributed by atoms with Crippen molar-refractivity contribution in [1.29, 1.82) is 0 Å². The number of fused-ring (bicyclic) bond motifs is 1. The van der Waals surface area contributed by atoms with Crippen molar-refractivity contribution in [3.8, 4) is 0 Å². The van der Waals surface area contributed by atoms with Gasteiger partial charge in [-0.1, -0.05) is 42.5 Å². The molecule has 0 radical (unpaired) electrons. The topological polar surface area (TPSA) is 32.3 Å². The molecule has 96 valence electrons. The lowest BCUT2D eigenvalue weighted by molar-refractivity contribution is 0.118. The lowest BCUT2D eigenvalue weighted by Crippen LogP contribution is -2.39. The third-order valence-corrected chi connectivity index (χ3v) is 3.65. The predicted molar refractivity (Wildman–Crippen MR) is 77.4 cm³/mol. The molecule has 1 aliphatic rings. The molecule has 2 aromatic rings. The van der Waals surface area contributed by atoms with E-state index in [1.165, 1.54) is 16.3 Å². The smallest absolute Gasteiger partial charge is 0.0733 e. The summed E-state index contributed by atoms with van der Waals surface area (Å²) in [5.41, 5.74) is 1.26. The summed E-state index contributed by atoms with van der Waals surface area (Å²) in [6, 6.07) is 14.9. The summed E-state index contributed by atoms with van der Waals surface area (Å²) < 4.78 is 0. The van der Waals surface area contributed by atoms with E-state index < -0.39 is 0 Å². The van der Waals surface area contributed by atoms with Gasteiger partial charge >= 0.3 is 0 Å². The predicted octanol–water partition coefficient (Wildman–Crippen LogP) is 2.70. The fourth-order valence-electron chi connectivity index (χ4n) is 2.67. The van der Waals surface area contributed by atoms with Crippen molar-refractivity contribution in [3.05, 3.63) is 48.0 Å². The Morgan fingerprint density at radius 3 is 2.61 bits per heavy atom. The molecule has 2 aromatic carbocycles. The van der Waals surface area contributed by atoms with Gasteiger partial charge in [0.25, 0.3) is 0 Å². The van der Waals surface area contributed by atoms with Gasteiger partial charge in [0, 0.05) is 12.5 Å². The number of aliphatic hydroxyl groups excluding tert-OH is 1. The van der Waals surface area contributed by atoms with Gasteiger partial charge in [0.15, 0.2) is 0 Å². The minimum Gasteiger partial charge on any atom is -0.391 e. The van der Waals surface area contributed by atoms with Crippen LogP contribution < -0.4 is 5.32 Å². The zero-order chi connectivity index (χ0) is 11.7. The van der Waals surface area contributed by atoms with E-state index >= 15 is 0 Å². The van der Waals surface area contributed by atoms with E-state index in [0.717, 1.165) is 13.0 Å². The van der Waals surface area contributed by atoms with Crippen LogP contribution in [0, 0.1) is 0 Å². The molecule has 0 unspecified atom stereocenters. The Morgan fingerprint density at radius 2 is 1.83 bits per heavy atom. The molecule has 2 atom stereocenters. The molecular formula is C15H18ClNO. The summed E-state index contributed by atoms with van der Waals surface area (Å²) in [6.07, 6.45) is 0.754. The summed E-state index contributed by atoms with van der Waals surface area (Å²) in [6.45, 7) is 1.70. The number of hydrogen-bond acceptors (Lipinski definition) is 2. The molecule has 0 spiro atoms. The van der Waals surface area contributed by atoms with Gasteiger partial charge in [-0.3, -0.25) is 0 Å². The highest BCUT2D eigenvalue weighted by Crippen LogP contribution is 2.28. The third-order valence-electron chi connectivity index (χ3n) is 3.65. The van der Waals surface area contributed by atoms with Gasteiger partial charge in [-0.05, 0) is 29.3 Å². The molecule has 1 heterocycles. The first kappa shape index (κ1) is 13.3. The van der Waals surface area contributed by atoms with Gasteiger partial charge in [0.05, 0.1) is 6.10 Å². The Kier molecular flexibility index (Phi) is 4.23. The third kappa shape index (κ3) is 2.51. The number of nitrogens with one attached hydrogen (secondary N) is 1. The fraction of sp³-hybridized carbons (Fsp3) is 0.333. The highest BCUT2D eigenvalue weighted by atomic mass is 35.5. The molecule has 1 aliphatic heterocycles. The first-order chi connectivity index (χ1) is 8.34. The Balaban J connectivity index is 0.00000120. The fourth-order valence-corrected chi connectivity index (χ4v) is 2.67. The van der Waals surface area contributed by atoms with Crippen LogP contribution in [0.3, 0.4) is 0 Å². The largest absolute Gasteiger partial charge is 0.391 e. The van der Waals surface area contributed by atoms with Crippen LogP contribution in [0.5, 0.6) is 0 Å². The number of benzene rings is 2. The number of hydrogen-bond donors (Lipinski definition) is 2. The van der Waals surface area contributed by atoms with Gasteiger partial charge in [-0.2, -0.15) is 0 Å². The van der Waals surface area contributed by atoms with E-state index in [1.54, 1.807) is 0 Å². The molecule has 2 N–H and O–H groups in total. The van der Waals surface area contributed by atoms with Crippen LogP contribution in [-0.2, 0) is 0 Å². The lowest BCUT2D eigenvalue weighted by Gasteiger charge is -2.28. The minimum atomic E-state index is -0.259. The van der Waals surface area contributed by atoms with Crippen molar-refractivity contribution >= 4 is 23.2 Å². The van der Waals surface area contributed by atoms with E-state index in [9.17, 15) is 5.11 Å². The summed E-state index contributed by atoms with van der Waals surface area (Å²) in [5, 5.41) is 15.8. The molecule has 1 fully saturated rings. The number of aliphatic hydroxyl groups is 1. The van der Waals surface area contributed by atoms with Gasteiger partial charge in [0.2, 0.25) is 0 Å². The average Bonchev–Trinajstić information content (AvgIpc) is 2.39. The molecule has 0 amide bonds. The van der Waals surface area contributed by atoms with Gasteiger partial charge in [-0.25, -0.2) is 0 Å². The highest BCUT2D eigenvalue weighted by Gasteiger charge is 2.24.